The Bertz CT molecular complexity index is 670. The molecule has 0 atom stereocenters. The van der Waals surface area contributed by atoms with Gasteiger partial charge in [0.25, 0.3) is 0 Å². The van der Waals surface area contributed by atoms with Gasteiger partial charge < -0.3 is 5.73 Å². The third-order valence-corrected chi connectivity index (χ3v) is 5.74. The highest BCUT2D eigenvalue weighted by Crippen LogP contribution is 2.68. The molecule has 5 nitrogen and oxygen atoms in total. The van der Waals surface area contributed by atoms with Crippen molar-refractivity contribution in [1.29, 1.82) is 0 Å². The van der Waals surface area contributed by atoms with Crippen LogP contribution >= 0.6 is 0 Å². The lowest BCUT2D eigenvalue weighted by Gasteiger charge is -2.07. The first-order chi connectivity index (χ1) is 9.75. The molecule has 0 unspecified atom stereocenters. The molecule has 0 saturated heterocycles. The van der Waals surface area contributed by atoms with Crippen LogP contribution in [0.3, 0.4) is 0 Å². The highest BCUT2D eigenvalue weighted by molar-refractivity contribution is 5.61. The van der Waals surface area contributed by atoms with Crippen molar-refractivity contribution in [2.75, 3.05) is 5.73 Å². The zero-order chi connectivity index (χ0) is 15.4. The number of tetrazole rings is 1. The fourth-order valence-electron chi connectivity index (χ4n) is 3.31. The molecule has 1 saturated carbocycles. The summed E-state index contributed by atoms with van der Waals surface area (Å²) in [6.45, 7) is 12.1. The van der Waals surface area contributed by atoms with Crippen molar-refractivity contribution in [2.45, 2.75) is 41.2 Å². The molecule has 2 aromatic rings. The van der Waals surface area contributed by atoms with Crippen LogP contribution in [0.2, 0.25) is 0 Å². The maximum Gasteiger partial charge on any atom is 0.182 e. The minimum absolute atomic E-state index is 0.327. The smallest absolute Gasteiger partial charge is 0.182 e. The van der Waals surface area contributed by atoms with E-state index in [2.05, 4.69) is 43.2 Å². The van der Waals surface area contributed by atoms with E-state index in [4.69, 9.17) is 5.73 Å². The Morgan fingerprint density at radius 3 is 2.43 bits per heavy atom. The van der Waals surface area contributed by atoms with Crippen molar-refractivity contribution in [1.82, 2.24) is 20.2 Å². The average molecular weight is 285 g/mol. The summed E-state index contributed by atoms with van der Waals surface area (Å²) in [5, 5.41) is 12.2. The van der Waals surface area contributed by atoms with Gasteiger partial charge in [-0.05, 0) is 57.9 Å². The minimum Gasteiger partial charge on any atom is -0.399 e. The Morgan fingerprint density at radius 2 is 1.86 bits per heavy atom. The number of benzene rings is 1. The second-order valence-corrected chi connectivity index (χ2v) is 7.25. The molecule has 0 radical (unpaired) electrons. The summed E-state index contributed by atoms with van der Waals surface area (Å²) >= 11 is 0. The molecule has 3 rings (SSSR count). The molecule has 1 aromatic carbocycles. The summed E-state index contributed by atoms with van der Waals surface area (Å²) in [7, 11) is 0. The van der Waals surface area contributed by atoms with E-state index in [0.717, 1.165) is 29.2 Å². The molecule has 1 heterocycles. The number of hydrogen-bond acceptors (Lipinski definition) is 4. The fraction of sp³-hybridized carbons (Fsp3) is 0.562. The van der Waals surface area contributed by atoms with Crippen LogP contribution in [0.5, 0.6) is 0 Å². The highest BCUT2D eigenvalue weighted by atomic mass is 15.5. The summed E-state index contributed by atoms with van der Waals surface area (Å²) in [6.07, 6.45) is 0. The predicted molar refractivity (Wildman–Crippen MR) is 83.5 cm³/mol. The van der Waals surface area contributed by atoms with Crippen molar-refractivity contribution in [3.63, 3.8) is 0 Å². The number of nitrogens with zero attached hydrogens (tertiary/aromatic N) is 4. The van der Waals surface area contributed by atoms with Crippen LogP contribution in [-0.4, -0.2) is 20.2 Å². The molecule has 1 aliphatic carbocycles. The van der Waals surface area contributed by atoms with E-state index in [0.29, 0.717) is 16.7 Å². The summed E-state index contributed by atoms with van der Waals surface area (Å²) in [5.41, 5.74) is 9.40. The van der Waals surface area contributed by atoms with Gasteiger partial charge in [-0.25, -0.2) is 4.68 Å². The van der Waals surface area contributed by atoms with Crippen LogP contribution in [0, 0.1) is 23.7 Å². The number of rotatable bonds is 3. The summed E-state index contributed by atoms with van der Waals surface area (Å²) in [4.78, 5) is 0. The first kappa shape index (κ1) is 14.0. The highest BCUT2D eigenvalue weighted by Gasteiger charge is 2.64. The number of nitrogen functional groups attached to an aromatic ring is 1. The van der Waals surface area contributed by atoms with E-state index in [9.17, 15) is 0 Å². The predicted octanol–water partition coefficient (Wildman–Crippen LogP) is 2.91. The van der Waals surface area contributed by atoms with Gasteiger partial charge in [-0.1, -0.05) is 27.7 Å². The minimum atomic E-state index is 0.327. The molecule has 2 N–H and O–H groups in total. The topological polar surface area (TPSA) is 69.6 Å². The Labute approximate surface area is 125 Å². The van der Waals surface area contributed by atoms with Gasteiger partial charge in [-0.3, -0.25) is 0 Å². The lowest BCUT2D eigenvalue weighted by Crippen LogP contribution is -2.08. The van der Waals surface area contributed by atoms with E-state index in [-0.39, 0.29) is 0 Å². The summed E-state index contributed by atoms with van der Waals surface area (Å²) in [6, 6.07) is 5.93. The quantitative estimate of drug-likeness (QED) is 0.880. The maximum atomic E-state index is 5.88. The van der Waals surface area contributed by atoms with Gasteiger partial charge in [-0.2, -0.15) is 0 Å². The van der Waals surface area contributed by atoms with E-state index in [1.165, 1.54) is 0 Å². The third-order valence-electron chi connectivity index (χ3n) is 5.74. The maximum absolute atomic E-state index is 5.88. The Kier molecular flexibility index (Phi) is 2.87. The van der Waals surface area contributed by atoms with Crippen molar-refractivity contribution in [3.05, 3.63) is 23.8 Å². The third kappa shape index (κ3) is 2.03. The standard InChI is InChI=1S/C16H23N5/c1-10-8-11(6-7-12(10)17)14-18-19-20-21(14)9-13-15(2,3)16(13,4)5/h6-8,13H,9,17H2,1-5H3. The largest absolute Gasteiger partial charge is 0.399 e. The first-order valence-corrected chi connectivity index (χ1v) is 7.38. The fourth-order valence-corrected chi connectivity index (χ4v) is 3.31. The van der Waals surface area contributed by atoms with E-state index in [1.807, 2.05) is 29.8 Å². The van der Waals surface area contributed by atoms with Gasteiger partial charge in [0.05, 0.1) is 0 Å². The van der Waals surface area contributed by atoms with Crippen molar-refractivity contribution in [3.8, 4) is 11.4 Å². The number of anilines is 1. The van der Waals surface area contributed by atoms with Gasteiger partial charge in [0.1, 0.15) is 0 Å². The number of hydrogen-bond donors (Lipinski definition) is 1. The zero-order valence-electron chi connectivity index (χ0n) is 13.4. The van der Waals surface area contributed by atoms with Crippen LogP contribution in [0.25, 0.3) is 11.4 Å². The van der Waals surface area contributed by atoms with Crippen molar-refractivity contribution >= 4 is 5.69 Å². The van der Waals surface area contributed by atoms with Crippen LogP contribution < -0.4 is 5.73 Å². The number of aryl methyl sites for hydroxylation is 1. The van der Waals surface area contributed by atoms with Crippen LogP contribution in [0.1, 0.15) is 33.3 Å². The van der Waals surface area contributed by atoms with Crippen LogP contribution in [0.15, 0.2) is 18.2 Å². The molecule has 112 valence electrons. The number of nitrogens with two attached hydrogens (primary N) is 1. The lowest BCUT2D eigenvalue weighted by molar-refractivity contribution is 0.457. The van der Waals surface area contributed by atoms with Gasteiger partial charge in [-0.15, -0.1) is 5.10 Å². The van der Waals surface area contributed by atoms with Crippen LogP contribution in [0.4, 0.5) is 5.69 Å². The Balaban J connectivity index is 1.90. The van der Waals surface area contributed by atoms with Gasteiger partial charge in [0.2, 0.25) is 0 Å². The zero-order valence-corrected chi connectivity index (χ0v) is 13.4. The lowest BCUT2D eigenvalue weighted by atomic mass is 10.0. The molecule has 0 bridgehead atoms. The van der Waals surface area contributed by atoms with E-state index in [1.54, 1.807) is 0 Å². The molecule has 1 fully saturated rings. The normalized spacial score (nSPS) is 19.7. The summed E-state index contributed by atoms with van der Waals surface area (Å²) in [5.74, 6) is 1.40. The van der Waals surface area contributed by atoms with Gasteiger partial charge in [0, 0.05) is 17.8 Å². The molecule has 0 spiro atoms. The molecular formula is C16H23N5. The molecule has 0 aliphatic heterocycles. The molecule has 0 amide bonds. The second-order valence-electron chi connectivity index (χ2n) is 7.25. The van der Waals surface area contributed by atoms with Crippen molar-refractivity contribution < 1.29 is 0 Å². The molecular weight excluding hydrogens is 262 g/mol. The Morgan fingerprint density at radius 1 is 1.19 bits per heavy atom. The second kappa shape index (κ2) is 4.29. The summed E-state index contributed by atoms with van der Waals surface area (Å²) < 4.78 is 1.92. The molecule has 21 heavy (non-hydrogen) atoms. The van der Waals surface area contributed by atoms with E-state index < -0.39 is 0 Å². The SMILES string of the molecule is Cc1cc(-c2nnnn2CC2C(C)(C)C2(C)C)ccc1N. The molecule has 1 aliphatic rings. The van der Waals surface area contributed by atoms with Crippen molar-refractivity contribution in [2.24, 2.45) is 16.7 Å². The van der Waals surface area contributed by atoms with E-state index >= 15 is 0 Å². The first-order valence-electron chi connectivity index (χ1n) is 7.38. The van der Waals surface area contributed by atoms with Gasteiger partial charge >= 0.3 is 0 Å². The molecule has 1 aromatic heterocycles. The Hall–Kier alpha value is -1.91. The number of aromatic nitrogens is 4. The monoisotopic (exact) mass is 285 g/mol. The molecule has 5 heteroatoms. The van der Waals surface area contributed by atoms with Crippen LogP contribution in [-0.2, 0) is 6.54 Å². The van der Waals surface area contributed by atoms with Gasteiger partial charge in [0.15, 0.2) is 5.82 Å². The average Bonchev–Trinajstić information content (AvgIpc) is 2.77.